The van der Waals surface area contributed by atoms with Crippen molar-refractivity contribution in [3.05, 3.63) is 46.9 Å². The van der Waals surface area contributed by atoms with Gasteiger partial charge in [0.15, 0.2) is 0 Å². The molecule has 122 valence electrons. The Morgan fingerprint density at radius 2 is 2.09 bits per heavy atom. The van der Waals surface area contributed by atoms with E-state index in [4.69, 9.17) is 20.8 Å². The molecule has 6 heteroatoms. The summed E-state index contributed by atoms with van der Waals surface area (Å²) in [6.45, 7) is 5.03. The van der Waals surface area contributed by atoms with Gasteiger partial charge >= 0.3 is 0 Å². The van der Waals surface area contributed by atoms with Crippen molar-refractivity contribution in [3.63, 3.8) is 0 Å². The molecule has 1 aromatic heterocycles. The molecule has 1 aromatic carbocycles. The van der Waals surface area contributed by atoms with Crippen molar-refractivity contribution in [1.29, 1.82) is 0 Å². The van der Waals surface area contributed by atoms with Crippen LogP contribution in [0.3, 0.4) is 0 Å². The molecule has 0 atom stereocenters. The van der Waals surface area contributed by atoms with Gasteiger partial charge in [0, 0.05) is 18.8 Å². The second kappa shape index (κ2) is 9.85. The van der Waals surface area contributed by atoms with Gasteiger partial charge in [-0.05, 0) is 50.2 Å². The number of rotatable bonds is 8. The topological polar surface area (TPSA) is 34.4 Å². The van der Waals surface area contributed by atoms with Crippen molar-refractivity contribution in [2.75, 3.05) is 19.8 Å². The van der Waals surface area contributed by atoms with E-state index >= 15 is 0 Å². The second-order valence-electron chi connectivity index (χ2n) is 4.62. The summed E-state index contributed by atoms with van der Waals surface area (Å²) < 4.78 is 24.1. The van der Waals surface area contributed by atoms with Gasteiger partial charge in [0.05, 0.1) is 11.6 Å². The maximum atomic E-state index is 13.1. The molecular weight excluding hydrogens is 328 g/mol. The summed E-state index contributed by atoms with van der Waals surface area (Å²) in [6.07, 6.45) is 0.967. The maximum Gasteiger partial charge on any atom is 0.141 e. The van der Waals surface area contributed by atoms with E-state index in [-0.39, 0.29) is 17.4 Å². The van der Waals surface area contributed by atoms with Crippen molar-refractivity contribution in [3.8, 4) is 11.3 Å². The molecule has 0 bridgehead atoms. The average Bonchev–Trinajstić information content (AvgIpc) is 2.94. The third-order valence-corrected chi connectivity index (χ3v) is 3.30. The Morgan fingerprint density at radius 1 is 1.27 bits per heavy atom. The molecule has 0 fully saturated rings. The lowest BCUT2D eigenvalue weighted by Crippen LogP contribution is -2.15. The first-order chi connectivity index (χ1) is 10.2. The summed E-state index contributed by atoms with van der Waals surface area (Å²) in [7, 11) is 0. The number of ether oxygens (including phenoxy) is 1. The zero-order chi connectivity index (χ0) is 15.1. The van der Waals surface area contributed by atoms with Gasteiger partial charge in [-0.25, -0.2) is 4.39 Å². The van der Waals surface area contributed by atoms with E-state index in [0.29, 0.717) is 12.3 Å². The van der Waals surface area contributed by atoms with Gasteiger partial charge in [-0.1, -0.05) is 11.6 Å². The summed E-state index contributed by atoms with van der Waals surface area (Å²) in [5, 5.41) is 3.38. The van der Waals surface area contributed by atoms with Gasteiger partial charge in [0.2, 0.25) is 0 Å². The van der Waals surface area contributed by atoms with Crippen molar-refractivity contribution in [2.24, 2.45) is 0 Å². The normalized spacial score (nSPS) is 10.5. The largest absolute Gasteiger partial charge is 0.460 e. The molecule has 0 aliphatic heterocycles. The standard InChI is InChI=1S/C16H19ClFNO2.ClH/c1-2-20-9-3-8-19-11-13-5-7-16(21-13)12-4-6-15(18)14(17)10-12;/h4-7,10,19H,2-3,8-9,11H2,1H3;1H. The van der Waals surface area contributed by atoms with E-state index in [9.17, 15) is 4.39 Å². The molecule has 0 amide bonds. The highest BCUT2D eigenvalue weighted by Gasteiger charge is 2.07. The van der Waals surface area contributed by atoms with Crippen molar-refractivity contribution < 1.29 is 13.5 Å². The van der Waals surface area contributed by atoms with E-state index in [1.165, 1.54) is 6.07 Å². The van der Waals surface area contributed by atoms with Crippen molar-refractivity contribution in [1.82, 2.24) is 5.32 Å². The number of nitrogens with one attached hydrogen (secondary N) is 1. The lowest BCUT2D eigenvalue weighted by atomic mass is 10.2. The maximum absolute atomic E-state index is 13.1. The number of hydrogen-bond acceptors (Lipinski definition) is 3. The number of halogens is 3. The third-order valence-electron chi connectivity index (χ3n) is 3.01. The quantitative estimate of drug-likeness (QED) is 0.704. The number of benzene rings is 1. The molecule has 0 aliphatic carbocycles. The highest BCUT2D eigenvalue weighted by molar-refractivity contribution is 6.31. The minimum absolute atomic E-state index is 0. The van der Waals surface area contributed by atoms with Gasteiger partial charge in [-0.2, -0.15) is 0 Å². The van der Waals surface area contributed by atoms with Crippen LogP contribution in [-0.2, 0) is 11.3 Å². The fourth-order valence-corrected chi connectivity index (χ4v) is 2.11. The number of hydrogen-bond donors (Lipinski definition) is 1. The van der Waals surface area contributed by atoms with Crippen LogP contribution >= 0.6 is 24.0 Å². The van der Waals surface area contributed by atoms with Crippen LogP contribution in [0, 0.1) is 5.82 Å². The van der Waals surface area contributed by atoms with E-state index in [1.807, 2.05) is 19.1 Å². The van der Waals surface area contributed by atoms with Gasteiger partial charge in [0.25, 0.3) is 0 Å². The van der Waals surface area contributed by atoms with E-state index < -0.39 is 5.82 Å². The van der Waals surface area contributed by atoms with Crippen LogP contribution in [0.25, 0.3) is 11.3 Å². The van der Waals surface area contributed by atoms with Crippen LogP contribution in [0.2, 0.25) is 5.02 Å². The molecule has 2 rings (SSSR count). The van der Waals surface area contributed by atoms with Crippen LogP contribution in [0.1, 0.15) is 19.1 Å². The van der Waals surface area contributed by atoms with Gasteiger partial charge in [0.1, 0.15) is 17.3 Å². The Labute approximate surface area is 141 Å². The zero-order valence-electron chi connectivity index (χ0n) is 12.4. The van der Waals surface area contributed by atoms with Crippen molar-refractivity contribution in [2.45, 2.75) is 19.9 Å². The molecule has 0 spiro atoms. The Morgan fingerprint density at radius 3 is 2.82 bits per heavy atom. The summed E-state index contributed by atoms with van der Waals surface area (Å²) in [4.78, 5) is 0. The molecule has 1 heterocycles. The Hall–Kier alpha value is -1.07. The van der Waals surface area contributed by atoms with E-state index in [2.05, 4.69) is 5.32 Å². The predicted octanol–water partition coefficient (Wildman–Crippen LogP) is 4.68. The molecule has 0 aliphatic rings. The molecule has 0 saturated carbocycles. The van der Waals surface area contributed by atoms with Crippen LogP contribution in [-0.4, -0.2) is 19.8 Å². The minimum Gasteiger partial charge on any atom is -0.460 e. The molecule has 0 unspecified atom stereocenters. The Kier molecular flexibility index (Phi) is 8.49. The zero-order valence-corrected chi connectivity index (χ0v) is 14.0. The molecule has 0 radical (unpaired) electrons. The van der Waals surface area contributed by atoms with Gasteiger partial charge in [-0.15, -0.1) is 12.4 Å². The second-order valence-corrected chi connectivity index (χ2v) is 5.03. The molecular formula is C16H20Cl2FNO2. The minimum atomic E-state index is -0.428. The third kappa shape index (κ3) is 5.61. The lowest BCUT2D eigenvalue weighted by Gasteiger charge is -2.03. The summed E-state index contributed by atoms with van der Waals surface area (Å²) in [5.41, 5.74) is 0.768. The molecule has 0 saturated heterocycles. The smallest absolute Gasteiger partial charge is 0.141 e. The highest BCUT2D eigenvalue weighted by Crippen LogP contribution is 2.26. The first-order valence-electron chi connectivity index (χ1n) is 7.03. The first kappa shape index (κ1) is 19.0. The molecule has 2 aromatic rings. The average molecular weight is 348 g/mol. The number of furan rings is 1. The van der Waals surface area contributed by atoms with E-state index in [1.54, 1.807) is 12.1 Å². The highest BCUT2D eigenvalue weighted by atomic mass is 35.5. The SMILES string of the molecule is CCOCCCNCc1ccc(-c2ccc(F)c(Cl)c2)o1.Cl. The first-order valence-corrected chi connectivity index (χ1v) is 7.41. The monoisotopic (exact) mass is 347 g/mol. The summed E-state index contributed by atoms with van der Waals surface area (Å²) >= 11 is 5.77. The fraction of sp³-hybridized carbons (Fsp3) is 0.375. The van der Waals surface area contributed by atoms with E-state index in [0.717, 1.165) is 37.5 Å². The fourth-order valence-electron chi connectivity index (χ4n) is 1.93. The van der Waals surface area contributed by atoms with Gasteiger partial charge in [-0.3, -0.25) is 0 Å². The van der Waals surface area contributed by atoms with Crippen LogP contribution in [0.4, 0.5) is 4.39 Å². The molecule has 3 nitrogen and oxygen atoms in total. The summed E-state index contributed by atoms with van der Waals surface area (Å²) in [5.74, 6) is 1.09. The molecule has 22 heavy (non-hydrogen) atoms. The van der Waals surface area contributed by atoms with Crippen LogP contribution in [0.15, 0.2) is 34.7 Å². The predicted molar refractivity (Wildman–Crippen MR) is 89.2 cm³/mol. The Bertz CT molecular complexity index is 575. The van der Waals surface area contributed by atoms with Gasteiger partial charge < -0.3 is 14.5 Å². The van der Waals surface area contributed by atoms with Crippen LogP contribution < -0.4 is 5.32 Å². The Balaban J connectivity index is 0.00000242. The summed E-state index contributed by atoms with van der Waals surface area (Å²) in [6, 6.07) is 8.32. The van der Waals surface area contributed by atoms with Crippen LogP contribution in [0.5, 0.6) is 0 Å². The van der Waals surface area contributed by atoms with Crippen molar-refractivity contribution >= 4 is 24.0 Å². The lowest BCUT2D eigenvalue weighted by molar-refractivity contribution is 0.144. The molecule has 1 N–H and O–H groups in total.